The van der Waals surface area contributed by atoms with Gasteiger partial charge in [0, 0.05) is 34.4 Å². The Labute approximate surface area is 147 Å². The van der Waals surface area contributed by atoms with Crippen LogP contribution in [0.15, 0.2) is 54.9 Å². The number of rotatable bonds is 3. The summed E-state index contributed by atoms with van der Waals surface area (Å²) in [5.41, 5.74) is 1.41. The van der Waals surface area contributed by atoms with Crippen molar-refractivity contribution in [2.24, 2.45) is 0 Å². The lowest BCUT2D eigenvalue weighted by molar-refractivity contribution is -0.110. The summed E-state index contributed by atoms with van der Waals surface area (Å²) in [5, 5.41) is 26.2. The molecule has 1 amide bonds. The summed E-state index contributed by atoms with van der Waals surface area (Å²) < 4.78 is 0. The van der Waals surface area contributed by atoms with E-state index in [1.807, 2.05) is 18.2 Å². The van der Waals surface area contributed by atoms with Gasteiger partial charge in [-0.25, -0.2) is 9.78 Å². The number of benzene rings is 2. The highest BCUT2D eigenvalue weighted by atomic mass is 16.4. The van der Waals surface area contributed by atoms with Crippen LogP contribution in [0.5, 0.6) is 5.75 Å². The topological polar surface area (TPSA) is 112 Å². The lowest BCUT2D eigenvalue weighted by Crippen LogP contribution is -2.05. The molecule has 26 heavy (non-hydrogen) atoms. The van der Waals surface area contributed by atoms with Crippen LogP contribution < -0.4 is 10.6 Å². The van der Waals surface area contributed by atoms with E-state index in [0.717, 1.165) is 5.39 Å². The number of carbonyl (C=O) groups excluding carboxylic acids is 1. The third kappa shape index (κ3) is 2.51. The fourth-order valence-corrected chi connectivity index (χ4v) is 2.89. The van der Waals surface area contributed by atoms with Crippen LogP contribution >= 0.6 is 0 Å². The predicted molar refractivity (Wildman–Crippen MR) is 97.0 cm³/mol. The molecule has 0 spiro atoms. The second kappa shape index (κ2) is 5.89. The standard InChI is InChI=1S/C19H13N3O4/c23-16-6-5-15(11-3-1-2-4-12(11)16)20-9-14-13-7-10(19(25)26)8-21-17(13)22-18(14)24/h1-9,20,23H,(H,25,26)(H,21,22,24). The van der Waals surface area contributed by atoms with E-state index in [2.05, 4.69) is 15.6 Å². The Hall–Kier alpha value is -3.87. The molecule has 4 N–H and O–H groups in total. The first-order chi connectivity index (χ1) is 12.5. The van der Waals surface area contributed by atoms with Crippen molar-refractivity contribution in [2.75, 3.05) is 10.6 Å². The first-order valence-electron chi connectivity index (χ1n) is 7.77. The molecular weight excluding hydrogens is 334 g/mol. The molecule has 7 nitrogen and oxygen atoms in total. The number of pyridine rings is 1. The predicted octanol–water partition coefficient (Wildman–Crippen LogP) is 3.04. The molecule has 2 heterocycles. The molecule has 0 fully saturated rings. The molecule has 1 aliphatic rings. The summed E-state index contributed by atoms with van der Waals surface area (Å²) in [6.45, 7) is 0. The van der Waals surface area contributed by atoms with E-state index in [4.69, 9.17) is 5.11 Å². The number of carboxylic acids is 1. The van der Waals surface area contributed by atoms with E-state index >= 15 is 0 Å². The smallest absolute Gasteiger partial charge is 0.337 e. The molecule has 0 aliphatic carbocycles. The number of anilines is 2. The quantitative estimate of drug-likeness (QED) is 0.428. The number of hydrogen-bond acceptors (Lipinski definition) is 5. The largest absolute Gasteiger partial charge is 0.507 e. The molecule has 0 atom stereocenters. The van der Waals surface area contributed by atoms with Gasteiger partial charge in [-0.05, 0) is 18.2 Å². The highest BCUT2D eigenvalue weighted by Gasteiger charge is 2.26. The Morgan fingerprint density at radius 1 is 1.15 bits per heavy atom. The van der Waals surface area contributed by atoms with Crippen LogP contribution in [0.1, 0.15) is 15.9 Å². The second-order valence-electron chi connectivity index (χ2n) is 5.76. The summed E-state index contributed by atoms with van der Waals surface area (Å²) in [5.74, 6) is -0.996. The molecule has 128 valence electrons. The van der Waals surface area contributed by atoms with Gasteiger partial charge in [0.2, 0.25) is 0 Å². The van der Waals surface area contributed by atoms with Gasteiger partial charge in [-0.1, -0.05) is 24.3 Å². The number of phenolic OH excluding ortho intramolecular Hbond substituents is 1. The van der Waals surface area contributed by atoms with Crippen LogP contribution in [0, 0.1) is 0 Å². The SMILES string of the molecule is O=C1Nc2ncc(C(=O)O)cc2C1=CNc1ccc(O)c2ccccc12. The number of amides is 1. The molecule has 1 aromatic heterocycles. The lowest BCUT2D eigenvalue weighted by atomic mass is 10.1. The molecule has 2 aromatic carbocycles. The molecule has 0 saturated heterocycles. The van der Waals surface area contributed by atoms with Gasteiger partial charge in [0.25, 0.3) is 5.91 Å². The first kappa shape index (κ1) is 15.6. The number of fused-ring (bicyclic) bond motifs is 2. The van der Waals surface area contributed by atoms with Crippen molar-refractivity contribution < 1.29 is 19.8 Å². The van der Waals surface area contributed by atoms with Crippen molar-refractivity contribution in [1.29, 1.82) is 0 Å². The average molecular weight is 347 g/mol. The van der Waals surface area contributed by atoms with Crippen molar-refractivity contribution in [3.05, 3.63) is 66.0 Å². The van der Waals surface area contributed by atoms with Crippen molar-refractivity contribution in [2.45, 2.75) is 0 Å². The van der Waals surface area contributed by atoms with E-state index in [1.54, 1.807) is 18.2 Å². The number of carboxylic acid groups (broad SMARTS) is 1. The van der Waals surface area contributed by atoms with Crippen LogP contribution in [0.3, 0.4) is 0 Å². The summed E-state index contributed by atoms with van der Waals surface area (Å²) in [6.07, 6.45) is 2.71. The Morgan fingerprint density at radius 3 is 2.69 bits per heavy atom. The van der Waals surface area contributed by atoms with Gasteiger partial charge in [0.1, 0.15) is 11.6 Å². The number of aromatic carboxylic acids is 1. The van der Waals surface area contributed by atoms with Gasteiger partial charge in [0.15, 0.2) is 0 Å². The molecule has 0 unspecified atom stereocenters. The molecule has 0 bridgehead atoms. The molecule has 7 heteroatoms. The van der Waals surface area contributed by atoms with E-state index in [9.17, 15) is 14.7 Å². The summed E-state index contributed by atoms with van der Waals surface area (Å²) >= 11 is 0. The maximum atomic E-state index is 12.2. The summed E-state index contributed by atoms with van der Waals surface area (Å²) in [7, 11) is 0. The fraction of sp³-hybridized carbons (Fsp3) is 0. The number of nitrogens with zero attached hydrogens (tertiary/aromatic N) is 1. The van der Waals surface area contributed by atoms with Crippen LogP contribution in [0.25, 0.3) is 16.3 Å². The number of carbonyl (C=O) groups is 2. The van der Waals surface area contributed by atoms with E-state index in [1.165, 1.54) is 18.5 Å². The minimum absolute atomic E-state index is 0.00114. The van der Waals surface area contributed by atoms with Gasteiger partial charge in [-0.15, -0.1) is 0 Å². The lowest BCUT2D eigenvalue weighted by Gasteiger charge is -2.08. The molecule has 0 radical (unpaired) electrons. The Balaban J connectivity index is 1.75. The maximum Gasteiger partial charge on any atom is 0.337 e. The second-order valence-corrected chi connectivity index (χ2v) is 5.76. The molecule has 1 aliphatic heterocycles. The zero-order valence-electron chi connectivity index (χ0n) is 13.4. The summed E-state index contributed by atoms with van der Waals surface area (Å²) in [4.78, 5) is 27.3. The molecule has 3 aromatic rings. The zero-order chi connectivity index (χ0) is 18.3. The van der Waals surface area contributed by atoms with Gasteiger partial charge < -0.3 is 20.8 Å². The van der Waals surface area contributed by atoms with Gasteiger partial charge in [0.05, 0.1) is 11.1 Å². The fourth-order valence-electron chi connectivity index (χ4n) is 2.89. The van der Waals surface area contributed by atoms with Crippen molar-refractivity contribution in [3.63, 3.8) is 0 Å². The third-order valence-electron chi connectivity index (χ3n) is 4.17. The first-order valence-corrected chi connectivity index (χ1v) is 7.77. The zero-order valence-corrected chi connectivity index (χ0v) is 13.4. The highest BCUT2D eigenvalue weighted by molar-refractivity contribution is 6.31. The van der Waals surface area contributed by atoms with Crippen molar-refractivity contribution >= 4 is 39.7 Å². The Bertz CT molecular complexity index is 1110. The number of aromatic hydroxyl groups is 1. The average Bonchev–Trinajstić information content (AvgIpc) is 2.96. The van der Waals surface area contributed by atoms with Gasteiger partial charge in [-0.3, -0.25) is 4.79 Å². The number of phenols is 1. The Kier molecular flexibility index (Phi) is 3.54. The number of nitrogens with one attached hydrogen (secondary N) is 2. The van der Waals surface area contributed by atoms with Crippen LogP contribution in [0.4, 0.5) is 11.5 Å². The highest BCUT2D eigenvalue weighted by Crippen LogP contribution is 2.33. The van der Waals surface area contributed by atoms with E-state index < -0.39 is 5.97 Å². The van der Waals surface area contributed by atoms with Crippen LogP contribution in [-0.2, 0) is 4.79 Å². The van der Waals surface area contributed by atoms with Crippen LogP contribution in [-0.4, -0.2) is 27.1 Å². The van der Waals surface area contributed by atoms with E-state index in [0.29, 0.717) is 22.5 Å². The molecular formula is C19H13N3O4. The van der Waals surface area contributed by atoms with E-state index in [-0.39, 0.29) is 22.8 Å². The normalized spacial score (nSPS) is 14.3. The molecule has 4 rings (SSSR count). The Morgan fingerprint density at radius 2 is 1.92 bits per heavy atom. The summed E-state index contributed by atoms with van der Waals surface area (Å²) in [6, 6.07) is 12.0. The molecule has 0 saturated carbocycles. The minimum Gasteiger partial charge on any atom is -0.507 e. The third-order valence-corrected chi connectivity index (χ3v) is 4.17. The van der Waals surface area contributed by atoms with Crippen LogP contribution in [0.2, 0.25) is 0 Å². The van der Waals surface area contributed by atoms with Crippen molar-refractivity contribution in [1.82, 2.24) is 4.98 Å². The number of hydrogen-bond donors (Lipinski definition) is 4. The monoisotopic (exact) mass is 347 g/mol. The number of aromatic nitrogens is 1. The van der Waals surface area contributed by atoms with Crippen molar-refractivity contribution in [3.8, 4) is 5.75 Å². The maximum absolute atomic E-state index is 12.2. The van der Waals surface area contributed by atoms with Gasteiger partial charge in [-0.2, -0.15) is 0 Å². The minimum atomic E-state index is -1.11. The van der Waals surface area contributed by atoms with Gasteiger partial charge >= 0.3 is 5.97 Å².